The van der Waals surface area contributed by atoms with Crippen LogP contribution in [-0.4, -0.2) is 42.8 Å². The summed E-state index contributed by atoms with van der Waals surface area (Å²) < 4.78 is 0. The Labute approximate surface area is 197 Å². The van der Waals surface area contributed by atoms with E-state index in [1.807, 2.05) is 43.3 Å². The maximum absolute atomic E-state index is 12.6. The second kappa shape index (κ2) is 11.2. The smallest absolute Gasteiger partial charge is 0.255 e. The van der Waals surface area contributed by atoms with Crippen LogP contribution in [0.15, 0.2) is 72.8 Å². The lowest BCUT2D eigenvalue weighted by Gasteiger charge is -2.18. The van der Waals surface area contributed by atoms with Gasteiger partial charge >= 0.3 is 0 Å². The van der Waals surface area contributed by atoms with Crippen LogP contribution in [0.3, 0.4) is 0 Å². The number of carbonyl (C=O) groups excluding carboxylic acids is 3. The van der Waals surface area contributed by atoms with Crippen molar-refractivity contribution >= 4 is 46.4 Å². The molecule has 0 fully saturated rings. The lowest BCUT2D eigenvalue weighted by atomic mass is 10.1. The van der Waals surface area contributed by atoms with Crippen molar-refractivity contribution in [3.05, 3.63) is 88.9 Å². The third-order valence-electron chi connectivity index (χ3n) is 4.92. The maximum Gasteiger partial charge on any atom is 0.255 e. The van der Waals surface area contributed by atoms with Gasteiger partial charge in [-0.25, -0.2) is 0 Å². The molecule has 0 atom stereocenters. The first kappa shape index (κ1) is 23.8. The molecule has 3 aromatic rings. The first-order valence-electron chi connectivity index (χ1n) is 10.3. The van der Waals surface area contributed by atoms with E-state index < -0.39 is 0 Å². The molecular weight excluding hydrogens is 440 g/mol. The summed E-state index contributed by atoms with van der Waals surface area (Å²) in [6.45, 7) is 1.73. The topological polar surface area (TPSA) is 90.5 Å². The molecule has 0 unspecified atom stereocenters. The molecule has 0 aliphatic heterocycles. The number of para-hydroxylation sites is 2. The van der Waals surface area contributed by atoms with Crippen molar-refractivity contribution in [2.45, 2.75) is 6.92 Å². The van der Waals surface area contributed by atoms with E-state index in [-0.39, 0.29) is 30.8 Å². The molecule has 7 nitrogen and oxygen atoms in total. The lowest BCUT2D eigenvalue weighted by Crippen LogP contribution is -2.38. The monoisotopic (exact) mass is 464 g/mol. The van der Waals surface area contributed by atoms with Gasteiger partial charge in [0.25, 0.3) is 5.91 Å². The minimum absolute atomic E-state index is 0.0273. The number of nitrogens with zero attached hydrogens (tertiary/aromatic N) is 1. The van der Waals surface area contributed by atoms with Crippen LogP contribution in [-0.2, 0) is 9.59 Å². The summed E-state index contributed by atoms with van der Waals surface area (Å²) in [5, 5.41) is 9.01. The van der Waals surface area contributed by atoms with E-state index in [1.54, 1.807) is 43.4 Å². The molecule has 170 valence electrons. The van der Waals surface area contributed by atoms with Crippen LogP contribution in [0, 0.1) is 6.92 Å². The Hall–Kier alpha value is -3.84. The molecule has 0 aromatic heterocycles. The number of hydrogen-bond donors (Lipinski definition) is 3. The predicted octanol–water partition coefficient (Wildman–Crippen LogP) is 4.41. The SMILES string of the molecule is Cc1ccc(C(=O)Nc2ccccc2)cc1NCC(=O)N(C)CC(=O)Nc1ccccc1Cl. The summed E-state index contributed by atoms with van der Waals surface area (Å²) in [6.07, 6.45) is 0. The average Bonchev–Trinajstić information content (AvgIpc) is 2.80. The Morgan fingerprint density at radius 1 is 0.879 bits per heavy atom. The Kier molecular flexibility index (Phi) is 8.05. The molecule has 0 saturated heterocycles. The molecule has 3 amide bonds. The van der Waals surface area contributed by atoms with E-state index in [1.165, 1.54) is 4.90 Å². The normalized spacial score (nSPS) is 10.3. The summed E-state index contributed by atoms with van der Waals surface area (Å²) in [5.41, 5.74) is 3.21. The lowest BCUT2D eigenvalue weighted by molar-refractivity contribution is -0.131. The molecule has 0 radical (unpaired) electrons. The van der Waals surface area contributed by atoms with E-state index in [2.05, 4.69) is 16.0 Å². The van der Waals surface area contributed by atoms with Crippen molar-refractivity contribution in [1.29, 1.82) is 0 Å². The van der Waals surface area contributed by atoms with Gasteiger partial charge < -0.3 is 20.9 Å². The fraction of sp³-hybridized carbons (Fsp3) is 0.160. The summed E-state index contributed by atoms with van der Waals surface area (Å²) in [7, 11) is 1.55. The number of benzene rings is 3. The predicted molar refractivity (Wildman–Crippen MR) is 132 cm³/mol. The van der Waals surface area contributed by atoms with Crippen molar-refractivity contribution in [1.82, 2.24) is 4.90 Å². The highest BCUT2D eigenvalue weighted by Gasteiger charge is 2.15. The summed E-state index contributed by atoms with van der Waals surface area (Å²) in [6, 6.07) is 21.3. The van der Waals surface area contributed by atoms with Crippen molar-refractivity contribution in [3.8, 4) is 0 Å². The van der Waals surface area contributed by atoms with Crippen LogP contribution in [0.5, 0.6) is 0 Å². The second-order valence-electron chi connectivity index (χ2n) is 7.48. The molecule has 33 heavy (non-hydrogen) atoms. The van der Waals surface area contributed by atoms with Gasteiger partial charge in [0.2, 0.25) is 11.8 Å². The van der Waals surface area contributed by atoms with Crippen molar-refractivity contribution in [2.24, 2.45) is 0 Å². The number of amides is 3. The molecule has 3 rings (SSSR count). The van der Waals surface area contributed by atoms with Gasteiger partial charge in [-0.1, -0.05) is 48.0 Å². The number of anilines is 3. The van der Waals surface area contributed by atoms with Gasteiger partial charge in [0.1, 0.15) is 0 Å². The number of carbonyl (C=O) groups is 3. The number of hydrogen-bond acceptors (Lipinski definition) is 4. The highest BCUT2D eigenvalue weighted by atomic mass is 35.5. The number of likely N-dealkylation sites (N-methyl/N-ethyl adjacent to an activating group) is 1. The van der Waals surface area contributed by atoms with Gasteiger partial charge in [-0.05, 0) is 48.9 Å². The van der Waals surface area contributed by atoms with Gasteiger partial charge in [-0.3, -0.25) is 14.4 Å². The van der Waals surface area contributed by atoms with Crippen LogP contribution in [0.25, 0.3) is 0 Å². The first-order valence-corrected chi connectivity index (χ1v) is 10.7. The molecule has 0 aliphatic carbocycles. The van der Waals surface area contributed by atoms with Gasteiger partial charge in [-0.15, -0.1) is 0 Å². The molecular formula is C25H25ClN4O3. The Morgan fingerprint density at radius 3 is 2.30 bits per heavy atom. The summed E-state index contributed by atoms with van der Waals surface area (Å²) in [5.74, 6) is -0.874. The fourth-order valence-electron chi connectivity index (χ4n) is 3.04. The molecule has 0 aliphatic rings. The molecule has 0 heterocycles. The minimum Gasteiger partial charge on any atom is -0.376 e. The first-order chi connectivity index (χ1) is 15.8. The second-order valence-corrected chi connectivity index (χ2v) is 7.89. The van der Waals surface area contributed by atoms with Gasteiger partial charge in [0.15, 0.2) is 0 Å². The summed E-state index contributed by atoms with van der Waals surface area (Å²) >= 11 is 6.05. The van der Waals surface area contributed by atoms with E-state index in [0.29, 0.717) is 27.6 Å². The van der Waals surface area contributed by atoms with E-state index >= 15 is 0 Å². The molecule has 0 bridgehead atoms. The van der Waals surface area contributed by atoms with Gasteiger partial charge in [0.05, 0.1) is 23.8 Å². The van der Waals surface area contributed by atoms with Crippen LogP contribution in [0.4, 0.5) is 17.1 Å². The fourth-order valence-corrected chi connectivity index (χ4v) is 3.22. The highest BCUT2D eigenvalue weighted by Crippen LogP contribution is 2.20. The van der Waals surface area contributed by atoms with E-state index in [9.17, 15) is 14.4 Å². The Bertz CT molecular complexity index is 1150. The van der Waals surface area contributed by atoms with Crippen molar-refractivity contribution in [2.75, 3.05) is 36.1 Å². The quantitative estimate of drug-likeness (QED) is 0.460. The largest absolute Gasteiger partial charge is 0.376 e. The average molecular weight is 465 g/mol. The maximum atomic E-state index is 12.6. The Morgan fingerprint density at radius 2 is 1.58 bits per heavy atom. The third kappa shape index (κ3) is 6.82. The number of rotatable bonds is 8. The van der Waals surface area contributed by atoms with Crippen LogP contribution < -0.4 is 16.0 Å². The van der Waals surface area contributed by atoms with E-state index in [4.69, 9.17) is 11.6 Å². The highest BCUT2D eigenvalue weighted by molar-refractivity contribution is 6.33. The zero-order chi connectivity index (χ0) is 23.8. The Balaban J connectivity index is 1.55. The van der Waals surface area contributed by atoms with Crippen LogP contribution in [0.2, 0.25) is 5.02 Å². The number of aryl methyl sites for hydroxylation is 1. The molecule has 3 N–H and O–H groups in total. The molecule has 8 heteroatoms. The van der Waals surface area contributed by atoms with Gasteiger partial charge in [-0.2, -0.15) is 0 Å². The standard InChI is InChI=1S/C25H25ClN4O3/c1-17-12-13-18(25(33)28-19-8-4-3-5-9-19)14-22(17)27-15-24(32)30(2)16-23(31)29-21-11-7-6-10-20(21)26/h3-14,27H,15-16H2,1-2H3,(H,28,33)(H,29,31). The summed E-state index contributed by atoms with van der Waals surface area (Å²) in [4.78, 5) is 38.6. The molecule has 0 spiro atoms. The minimum atomic E-state index is -0.352. The van der Waals surface area contributed by atoms with Crippen LogP contribution >= 0.6 is 11.6 Å². The van der Waals surface area contributed by atoms with Crippen molar-refractivity contribution in [3.63, 3.8) is 0 Å². The third-order valence-corrected chi connectivity index (χ3v) is 5.25. The zero-order valence-corrected chi connectivity index (χ0v) is 19.1. The molecule has 3 aromatic carbocycles. The van der Waals surface area contributed by atoms with Crippen molar-refractivity contribution < 1.29 is 14.4 Å². The van der Waals surface area contributed by atoms with E-state index in [0.717, 1.165) is 5.56 Å². The number of nitrogens with one attached hydrogen (secondary N) is 3. The van der Waals surface area contributed by atoms with Gasteiger partial charge in [0, 0.05) is 24.0 Å². The van der Waals surface area contributed by atoms with Crippen LogP contribution in [0.1, 0.15) is 15.9 Å². The zero-order valence-electron chi connectivity index (χ0n) is 18.4. The molecule has 0 saturated carbocycles. The number of halogens is 1.